The van der Waals surface area contributed by atoms with E-state index in [0.717, 1.165) is 82.5 Å². The number of anilines is 2. The number of carbonyl (C=O) groups is 3. The molecule has 0 bridgehead atoms. The summed E-state index contributed by atoms with van der Waals surface area (Å²) in [5, 5.41) is 10.1. The summed E-state index contributed by atoms with van der Waals surface area (Å²) in [6, 6.07) is 8.31. The number of nitrogens with one attached hydrogen (secondary N) is 2. The molecule has 7 rings (SSSR count). The van der Waals surface area contributed by atoms with Gasteiger partial charge < -0.3 is 20.0 Å². The lowest BCUT2D eigenvalue weighted by molar-refractivity contribution is -0.134. The second kappa shape index (κ2) is 14.2. The van der Waals surface area contributed by atoms with Gasteiger partial charge in [-0.3, -0.25) is 24.5 Å². The molecule has 4 aliphatic rings. The number of hydrogen-bond donors (Lipinski definition) is 2. The number of benzene rings is 1. The summed E-state index contributed by atoms with van der Waals surface area (Å²) in [5.41, 5.74) is 3.43. The summed E-state index contributed by atoms with van der Waals surface area (Å²) >= 11 is 3.43. The van der Waals surface area contributed by atoms with Gasteiger partial charge in [0.2, 0.25) is 17.8 Å². The number of aryl methyl sites for hydroxylation is 1. The molecule has 4 saturated heterocycles. The summed E-state index contributed by atoms with van der Waals surface area (Å²) in [4.78, 5) is 65.3. The average molecular weight is 747 g/mol. The number of carbonyl (C=O) groups excluding carboxylic acids is 3. The van der Waals surface area contributed by atoms with E-state index in [9.17, 15) is 19.2 Å². The van der Waals surface area contributed by atoms with Crippen LogP contribution in [0.25, 0.3) is 0 Å². The summed E-state index contributed by atoms with van der Waals surface area (Å²) < 4.78 is 1.80. The number of aromatic nitrogens is 4. The van der Waals surface area contributed by atoms with Crippen LogP contribution < -0.4 is 21.1 Å². The molecule has 50 heavy (non-hydrogen) atoms. The maximum absolute atomic E-state index is 13.6. The third kappa shape index (κ3) is 7.18. The summed E-state index contributed by atoms with van der Waals surface area (Å²) in [6.07, 6.45) is 10.9. The van der Waals surface area contributed by atoms with Gasteiger partial charge in [-0.2, -0.15) is 5.10 Å². The maximum Gasteiger partial charge on any atom is 0.282 e. The number of imide groups is 1. The van der Waals surface area contributed by atoms with E-state index in [-0.39, 0.29) is 40.7 Å². The molecule has 1 spiro atoms. The number of piperidine rings is 4. The van der Waals surface area contributed by atoms with Crippen molar-refractivity contribution in [3.63, 3.8) is 0 Å². The van der Waals surface area contributed by atoms with Crippen LogP contribution in [0.5, 0.6) is 0 Å². The van der Waals surface area contributed by atoms with Gasteiger partial charge in [0.05, 0.1) is 17.8 Å². The van der Waals surface area contributed by atoms with Gasteiger partial charge in [-0.15, -0.1) is 0 Å². The minimum atomic E-state index is -0.382. The van der Waals surface area contributed by atoms with Crippen LogP contribution in [0.4, 0.5) is 11.6 Å². The van der Waals surface area contributed by atoms with Crippen molar-refractivity contribution in [3.8, 4) is 0 Å². The zero-order valence-corrected chi connectivity index (χ0v) is 30.2. The normalized spacial score (nSPS) is 24.3. The highest BCUT2D eigenvalue weighted by Crippen LogP contribution is 2.42. The number of halogens is 1. The molecule has 0 aliphatic carbocycles. The molecule has 2 N–H and O–H groups in total. The number of nitrogens with zero attached hydrogens (tertiary/aromatic N) is 7. The predicted octanol–water partition coefficient (Wildman–Crippen LogP) is 3.28. The van der Waals surface area contributed by atoms with E-state index in [1.54, 1.807) is 25.6 Å². The molecule has 0 saturated carbocycles. The predicted molar refractivity (Wildman–Crippen MR) is 192 cm³/mol. The minimum absolute atomic E-state index is 0.0941. The Bertz CT molecular complexity index is 1800. The Morgan fingerprint density at radius 3 is 2.28 bits per heavy atom. The standard InChI is InChI=1S/C36H44BrN9O4/c1-43-21-25(17-27(22-43)41-29-20-40-44(2)34(50)31(29)37)23-3-5-24(6-4-23)33(49)45-13-9-36(10-14-45)11-15-46(16-12-36)35-38-18-26(19-39-35)28-7-8-30(47)42-32(28)48/h3-6,18-20,25,27-28,41H,7-17,21-22H2,1-2H3,(H,42,47,48)/t25-,27+,28?/m0/s1. The first-order valence-electron chi connectivity index (χ1n) is 17.5. The van der Waals surface area contributed by atoms with Crippen molar-refractivity contribution in [2.45, 2.75) is 62.8 Å². The van der Waals surface area contributed by atoms with Crippen LogP contribution in [-0.4, -0.2) is 99.6 Å². The third-order valence-corrected chi connectivity index (χ3v) is 12.0. The van der Waals surface area contributed by atoms with Crippen LogP contribution in [0.2, 0.25) is 0 Å². The Labute approximate surface area is 300 Å². The van der Waals surface area contributed by atoms with Gasteiger partial charge >= 0.3 is 0 Å². The average Bonchev–Trinajstić information content (AvgIpc) is 3.12. The Hall–Kier alpha value is -4.17. The first-order valence-corrected chi connectivity index (χ1v) is 18.3. The van der Waals surface area contributed by atoms with Crippen LogP contribution in [0.3, 0.4) is 0 Å². The van der Waals surface area contributed by atoms with Gasteiger partial charge in [-0.25, -0.2) is 14.6 Å². The Morgan fingerprint density at radius 2 is 1.60 bits per heavy atom. The molecule has 1 aromatic carbocycles. The first-order chi connectivity index (χ1) is 24.1. The second-order valence-electron chi connectivity index (χ2n) is 14.5. The van der Waals surface area contributed by atoms with Crippen molar-refractivity contribution in [2.75, 3.05) is 56.5 Å². The second-order valence-corrected chi connectivity index (χ2v) is 15.3. The van der Waals surface area contributed by atoms with Gasteiger partial charge in [-0.1, -0.05) is 12.1 Å². The Kier molecular flexibility index (Phi) is 9.75. The van der Waals surface area contributed by atoms with Crippen molar-refractivity contribution in [1.29, 1.82) is 0 Å². The molecule has 2 aromatic heterocycles. The molecule has 14 heteroatoms. The van der Waals surface area contributed by atoms with Gasteiger partial charge in [0.15, 0.2) is 0 Å². The fourth-order valence-corrected chi connectivity index (χ4v) is 8.60. The van der Waals surface area contributed by atoms with Gasteiger partial charge in [0, 0.05) is 82.3 Å². The number of amides is 3. The first kappa shape index (κ1) is 34.3. The van der Waals surface area contributed by atoms with Crippen LogP contribution in [-0.2, 0) is 16.6 Å². The van der Waals surface area contributed by atoms with E-state index in [1.807, 2.05) is 17.0 Å². The van der Waals surface area contributed by atoms with Crippen molar-refractivity contribution in [2.24, 2.45) is 12.5 Å². The van der Waals surface area contributed by atoms with Crippen molar-refractivity contribution >= 4 is 45.3 Å². The lowest BCUT2D eigenvalue weighted by Crippen LogP contribution is -2.48. The van der Waals surface area contributed by atoms with E-state index in [1.165, 1.54) is 10.2 Å². The quantitative estimate of drug-likeness (QED) is 0.361. The number of likely N-dealkylation sites (N-methyl/N-ethyl adjacent to an activating group) is 1. The molecular formula is C36H44BrN9O4. The highest BCUT2D eigenvalue weighted by Gasteiger charge is 2.39. The van der Waals surface area contributed by atoms with E-state index in [4.69, 9.17) is 0 Å². The van der Waals surface area contributed by atoms with Gasteiger partial charge in [0.25, 0.3) is 11.5 Å². The summed E-state index contributed by atoms with van der Waals surface area (Å²) in [5.74, 6) is 0.176. The zero-order chi connectivity index (χ0) is 35.0. The van der Waals surface area contributed by atoms with Crippen LogP contribution in [0.15, 0.2) is 52.1 Å². The molecule has 4 aliphatic heterocycles. The monoisotopic (exact) mass is 745 g/mol. The molecule has 4 fully saturated rings. The molecule has 6 heterocycles. The topological polar surface area (TPSA) is 146 Å². The molecule has 3 amide bonds. The Balaban J connectivity index is 0.901. The lowest BCUT2D eigenvalue weighted by Gasteiger charge is -2.46. The smallest absolute Gasteiger partial charge is 0.282 e. The minimum Gasteiger partial charge on any atom is -0.379 e. The van der Waals surface area contributed by atoms with E-state index in [2.05, 4.69) is 70.6 Å². The summed E-state index contributed by atoms with van der Waals surface area (Å²) in [6.45, 7) is 5.01. The number of likely N-dealkylation sites (tertiary alicyclic amines) is 2. The number of rotatable bonds is 6. The van der Waals surface area contributed by atoms with Crippen molar-refractivity contribution < 1.29 is 14.4 Å². The molecule has 3 aromatic rings. The van der Waals surface area contributed by atoms with E-state index < -0.39 is 0 Å². The highest BCUT2D eigenvalue weighted by atomic mass is 79.9. The fourth-order valence-electron chi connectivity index (χ4n) is 8.13. The Morgan fingerprint density at radius 1 is 0.920 bits per heavy atom. The fraction of sp³-hybridized carbons (Fsp3) is 0.528. The molecule has 1 unspecified atom stereocenters. The third-order valence-electron chi connectivity index (χ3n) is 11.2. The van der Waals surface area contributed by atoms with Crippen LogP contribution in [0, 0.1) is 5.41 Å². The molecular weight excluding hydrogens is 702 g/mol. The lowest BCUT2D eigenvalue weighted by atomic mass is 9.71. The van der Waals surface area contributed by atoms with Crippen molar-refractivity contribution in [3.05, 3.63) is 74.4 Å². The van der Waals surface area contributed by atoms with Gasteiger partial charge in [0.1, 0.15) is 4.47 Å². The van der Waals surface area contributed by atoms with E-state index in [0.29, 0.717) is 34.9 Å². The highest BCUT2D eigenvalue weighted by molar-refractivity contribution is 9.10. The van der Waals surface area contributed by atoms with Crippen LogP contribution >= 0.6 is 15.9 Å². The molecule has 264 valence electrons. The molecule has 0 radical (unpaired) electrons. The van der Waals surface area contributed by atoms with Gasteiger partial charge in [-0.05, 0) is 90.5 Å². The van der Waals surface area contributed by atoms with Crippen LogP contribution in [0.1, 0.15) is 78.3 Å². The maximum atomic E-state index is 13.6. The van der Waals surface area contributed by atoms with E-state index >= 15 is 0 Å². The largest absolute Gasteiger partial charge is 0.379 e. The van der Waals surface area contributed by atoms with Crippen molar-refractivity contribution in [1.82, 2.24) is 34.9 Å². The molecule has 13 nitrogen and oxygen atoms in total. The zero-order valence-electron chi connectivity index (χ0n) is 28.6. The summed E-state index contributed by atoms with van der Waals surface area (Å²) in [7, 11) is 3.74. The molecule has 3 atom stereocenters. The SMILES string of the molecule is CN1C[C@H](Nc2cnn(C)c(=O)c2Br)C[C@H](c2ccc(C(=O)N3CCC4(CC3)CCN(c3ncc(C5CCC(=O)NC5=O)cn3)CC4)cc2)C1. The number of hydrogen-bond acceptors (Lipinski definition) is 10.